The van der Waals surface area contributed by atoms with E-state index in [0.29, 0.717) is 50.6 Å². The first-order valence-electron chi connectivity index (χ1n) is 11.0. The van der Waals surface area contributed by atoms with Crippen molar-refractivity contribution in [1.29, 1.82) is 5.26 Å². The average molecular weight is 455 g/mol. The van der Waals surface area contributed by atoms with E-state index in [0.717, 1.165) is 23.4 Å². The lowest BCUT2D eigenvalue weighted by Crippen LogP contribution is -2.49. The molecule has 32 heavy (non-hydrogen) atoms. The van der Waals surface area contributed by atoms with Gasteiger partial charge in [0.2, 0.25) is 0 Å². The number of carbonyl (C=O) groups excluding carboxylic acids is 1. The number of benzene rings is 2. The van der Waals surface area contributed by atoms with Gasteiger partial charge in [-0.05, 0) is 37.1 Å². The number of piperazine rings is 1. The van der Waals surface area contributed by atoms with E-state index in [1.165, 1.54) is 0 Å². The van der Waals surface area contributed by atoms with Crippen LogP contribution in [0, 0.1) is 11.3 Å². The van der Waals surface area contributed by atoms with Crippen LogP contribution in [0.2, 0.25) is 0 Å². The van der Waals surface area contributed by atoms with Crippen LogP contribution in [-0.2, 0) is 22.6 Å². The number of hydrogen-bond acceptors (Lipinski definition) is 6. The molecule has 0 N–H and O–H groups in total. The van der Waals surface area contributed by atoms with Crippen LogP contribution in [0.25, 0.3) is 0 Å². The molecule has 0 spiro atoms. The van der Waals surface area contributed by atoms with Crippen LogP contribution in [0.3, 0.4) is 0 Å². The Hall–Kier alpha value is -2.89. The van der Waals surface area contributed by atoms with Crippen molar-refractivity contribution in [2.24, 2.45) is 0 Å². The average Bonchev–Trinajstić information content (AvgIpc) is 2.83. The van der Waals surface area contributed by atoms with Crippen molar-refractivity contribution in [3.63, 3.8) is 0 Å². The lowest BCUT2D eigenvalue weighted by atomic mass is 10.1. The number of nitriles is 1. The van der Waals surface area contributed by atoms with E-state index >= 15 is 0 Å². The number of ether oxygens (including phenoxy) is 1. The SMILES string of the molecule is CCC[S+]([O-])N(Cc1ccccc1)c1ccc(N2CCN(C(=O)OCC)CC2)c(C#N)c1. The second-order valence-electron chi connectivity index (χ2n) is 7.53. The van der Waals surface area contributed by atoms with Gasteiger partial charge in [0.05, 0.1) is 41.5 Å². The number of rotatable bonds is 8. The fourth-order valence-corrected chi connectivity index (χ4v) is 4.92. The van der Waals surface area contributed by atoms with E-state index in [9.17, 15) is 14.6 Å². The summed E-state index contributed by atoms with van der Waals surface area (Å²) in [5, 5.41) is 9.84. The van der Waals surface area contributed by atoms with Gasteiger partial charge in [0, 0.05) is 26.2 Å². The van der Waals surface area contributed by atoms with Crippen molar-refractivity contribution >= 4 is 28.8 Å². The monoisotopic (exact) mass is 454 g/mol. The topological polar surface area (TPSA) is 82.9 Å². The minimum atomic E-state index is -1.19. The van der Waals surface area contributed by atoms with Crippen molar-refractivity contribution in [1.82, 2.24) is 4.90 Å². The van der Waals surface area contributed by atoms with Crippen LogP contribution in [0.5, 0.6) is 0 Å². The van der Waals surface area contributed by atoms with E-state index in [2.05, 4.69) is 11.0 Å². The largest absolute Gasteiger partial charge is 0.593 e. The van der Waals surface area contributed by atoms with Crippen LogP contribution < -0.4 is 9.21 Å². The molecule has 1 atom stereocenters. The normalized spacial score (nSPS) is 14.6. The van der Waals surface area contributed by atoms with Crippen LogP contribution in [0.4, 0.5) is 16.2 Å². The molecule has 0 radical (unpaired) electrons. The molecule has 7 nitrogen and oxygen atoms in total. The molecular formula is C24H30N4O3S. The van der Waals surface area contributed by atoms with E-state index < -0.39 is 11.4 Å². The Bertz CT molecular complexity index is 927. The van der Waals surface area contributed by atoms with Crippen LogP contribution >= 0.6 is 0 Å². The zero-order valence-electron chi connectivity index (χ0n) is 18.7. The summed E-state index contributed by atoms with van der Waals surface area (Å²) >= 11 is -1.19. The molecule has 0 saturated carbocycles. The van der Waals surface area contributed by atoms with Gasteiger partial charge in [-0.2, -0.15) is 9.57 Å². The summed E-state index contributed by atoms with van der Waals surface area (Å²) in [5.41, 5.74) is 3.21. The third-order valence-electron chi connectivity index (χ3n) is 5.33. The number of amides is 1. The zero-order chi connectivity index (χ0) is 22.9. The lowest BCUT2D eigenvalue weighted by molar-refractivity contribution is 0.105. The quantitative estimate of drug-likeness (QED) is 0.562. The van der Waals surface area contributed by atoms with Gasteiger partial charge in [0.1, 0.15) is 11.8 Å². The Labute approximate surface area is 193 Å². The summed E-state index contributed by atoms with van der Waals surface area (Å²) in [5.74, 6) is 0.562. The molecule has 1 unspecified atom stereocenters. The first-order chi connectivity index (χ1) is 15.6. The minimum Gasteiger partial charge on any atom is -0.593 e. The zero-order valence-corrected chi connectivity index (χ0v) is 19.5. The summed E-state index contributed by atoms with van der Waals surface area (Å²) in [6.45, 7) is 7.03. The smallest absolute Gasteiger partial charge is 0.409 e. The number of carbonyl (C=O) groups is 1. The van der Waals surface area contributed by atoms with Crippen molar-refractivity contribution in [3.8, 4) is 6.07 Å². The maximum absolute atomic E-state index is 13.0. The maximum atomic E-state index is 13.0. The van der Waals surface area contributed by atoms with E-state index in [1.54, 1.807) is 11.8 Å². The van der Waals surface area contributed by atoms with Gasteiger partial charge in [-0.15, -0.1) is 0 Å². The van der Waals surface area contributed by atoms with Crippen LogP contribution in [-0.4, -0.2) is 54.1 Å². The van der Waals surface area contributed by atoms with Crippen LogP contribution in [0.1, 0.15) is 31.4 Å². The van der Waals surface area contributed by atoms with E-state index in [4.69, 9.17) is 4.74 Å². The molecule has 0 bridgehead atoms. The highest BCUT2D eigenvalue weighted by molar-refractivity contribution is 7.92. The van der Waals surface area contributed by atoms with Gasteiger partial charge in [-0.3, -0.25) is 0 Å². The second kappa shape index (κ2) is 11.7. The molecule has 1 aliphatic rings. The molecule has 2 aromatic carbocycles. The predicted octanol–water partition coefficient (Wildman–Crippen LogP) is 3.92. The predicted molar refractivity (Wildman–Crippen MR) is 128 cm³/mol. The first-order valence-corrected chi connectivity index (χ1v) is 12.3. The van der Waals surface area contributed by atoms with Crippen LogP contribution in [0.15, 0.2) is 48.5 Å². The van der Waals surface area contributed by atoms with Crippen molar-refractivity contribution in [2.75, 3.05) is 47.7 Å². The summed E-state index contributed by atoms with van der Waals surface area (Å²) < 4.78 is 19.9. The Morgan fingerprint density at radius 3 is 2.50 bits per heavy atom. The molecule has 170 valence electrons. The third kappa shape index (κ3) is 5.87. The van der Waals surface area contributed by atoms with Gasteiger partial charge >= 0.3 is 6.09 Å². The summed E-state index contributed by atoms with van der Waals surface area (Å²) in [7, 11) is 0. The highest BCUT2D eigenvalue weighted by atomic mass is 32.2. The summed E-state index contributed by atoms with van der Waals surface area (Å²) in [6.07, 6.45) is 0.518. The fraction of sp³-hybridized carbons (Fsp3) is 0.417. The molecular weight excluding hydrogens is 424 g/mol. The van der Waals surface area contributed by atoms with Crippen molar-refractivity contribution in [2.45, 2.75) is 26.8 Å². The van der Waals surface area contributed by atoms with Gasteiger partial charge in [-0.25, -0.2) is 4.79 Å². The van der Waals surface area contributed by atoms with Gasteiger partial charge < -0.3 is 19.1 Å². The third-order valence-corrected chi connectivity index (χ3v) is 6.92. The second-order valence-corrected chi connectivity index (χ2v) is 9.03. The highest BCUT2D eigenvalue weighted by Crippen LogP contribution is 2.29. The Morgan fingerprint density at radius 2 is 1.88 bits per heavy atom. The molecule has 0 aromatic heterocycles. The van der Waals surface area contributed by atoms with Crippen molar-refractivity contribution in [3.05, 3.63) is 59.7 Å². The molecule has 1 fully saturated rings. The highest BCUT2D eigenvalue weighted by Gasteiger charge is 2.25. The van der Waals surface area contributed by atoms with Gasteiger partial charge in [0.25, 0.3) is 0 Å². The molecule has 0 aliphatic carbocycles. The minimum absolute atomic E-state index is 0.294. The van der Waals surface area contributed by atoms with Gasteiger partial charge in [-0.1, -0.05) is 37.3 Å². The Kier molecular flexibility index (Phi) is 8.65. The number of hydrogen-bond donors (Lipinski definition) is 0. The fourth-order valence-electron chi connectivity index (χ4n) is 3.70. The molecule has 2 aromatic rings. The maximum Gasteiger partial charge on any atom is 0.409 e. The summed E-state index contributed by atoms with van der Waals surface area (Å²) in [6, 6.07) is 17.9. The molecule has 8 heteroatoms. The Morgan fingerprint density at radius 1 is 1.16 bits per heavy atom. The van der Waals surface area contributed by atoms with E-state index in [1.807, 2.05) is 59.8 Å². The molecule has 1 amide bonds. The van der Waals surface area contributed by atoms with E-state index in [-0.39, 0.29) is 6.09 Å². The number of anilines is 2. The molecule has 3 rings (SSSR count). The standard InChI is InChI=1S/C24H30N4O3S/c1-3-16-32(30)28(19-20-8-6-5-7-9-20)22-10-11-23(21(17-22)18-25)26-12-14-27(15-13-26)24(29)31-4-2/h5-11,17H,3-4,12-16,19H2,1-2H3. The first kappa shape index (κ1) is 23.8. The number of nitrogens with zero attached hydrogens (tertiary/aromatic N) is 4. The molecule has 1 heterocycles. The molecule has 1 aliphatic heterocycles. The summed E-state index contributed by atoms with van der Waals surface area (Å²) in [4.78, 5) is 15.8. The Balaban J connectivity index is 1.79. The van der Waals surface area contributed by atoms with Crippen molar-refractivity contribution < 1.29 is 14.1 Å². The van der Waals surface area contributed by atoms with Gasteiger partial charge in [0.15, 0.2) is 0 Å². The molecule has 1 saturated heterocycles. The lowest BCUT2D eigenvalue weighted by Gasteiger charge is -2.36.